The second-order valence-corrected chi connectivity index (χ2v) is 12.6. The van der Waals surface area contributed by atoms with Crippen LogP contribution in [0.1, 0.15) is 38.4 Å². The Labute approximate surface area is 305 Å². The first kappa shape index (κ1) is 38.9. The van der Waals surface area contributed by atoms with Crippen molar-refractivity contribution >= 4 is 40.1 Å². The number of aliphatic carboxylic acids is 1. The van der Waals surface area contributed by atoms with Crippen molar-refractivity contribution in [2.45, 2.75) is 52.4 Å². The van der Waals surface area contributed by atoms with Gasteiger partial charge in [0.2, 0.25) is 5.28 Å². The Bertz CT molecular complexity index is 2150. The van der Waals surface area contributed by atoms with Crippen LogP contribution in [0.5, 0.6) is 0 Å². The number of carbonyl (C=O) groups is 2. The summed E-state index contributed by atoms with van der Waals surface area (Å²) in [4.78, 5) is 46.9. The lowest BCUT2D eigenvalue weighted by atomic mass is 9.97. The van der Waals surface area contributed by atoms with Gasteiger partial charge >= 0.3 is 12.1 Å². The molecular formula is C36H33ClF5N7O4. The van der Waals surface area contributed by atoms with Gasteiger partial charge < -0.3 is 20.1 Å². The van der Waals surface area contributed by atoms with Crippen molar-refractivity contribution < 1.29 is 41.4 Å². The Balaban J connectivity index is 0.000000526. The van der Waals surface area contributed by atoms with Crippen LogP contribution in [-0.4, -0.2) is 79.9 Å². The molecule has 278 valence electrons. The number of anilines is 1. The molecule has 0 aliphatic carbocycles. The molecule has 6 rings (SSSR count). The van der Waals surface area contributed by atoms with Crippen molar-refractivity contribution in [3.63, 3.8) is 0 Å². The van der Waals surface area contributed by atoms with Crippen molar-refractivity contribution in [1.29, 1.82) is 0 Å². The number of rotatable bonds is 7. The average Bonchev–Trinajstić information content (AvgIpc) is 3.10. The first-order valence-corrected chi connectivity index (χ1v) is 16.5. The minimum atomic E-state index is -4.73. The number of aromatic nitrogens is 5. The van der Waals surface area contributed by atoms with Crippen molar-refractivity contribution in [2.75, 3.05) is 24.7 Å². The molecule has 53 heavy (non-hydrogen) atoms. The standard InChI is InChI=1S/C30H26F5N5O4.C6H7ClN2/c1-15-13-37-27(38-16(15)2)20-6-5-17(19-4-3-7-36-26(19)20)10-23(29(42)43)39-28(41)25-21(31)11-18(12-22(25)32)40-8-9-44-14-24(40)30(33,34)35;1-4-3-8-6(7)9-5(4)2/h3-7,11-13,23-24H,8-10,14H2,1-2H3,(H,39,41)(H,42,43);3H,1-2H3/t23-,24+;/m0./s1. The molecule has 3 aromatic heterocycles. The number of nitrogens with zero attached hydrogens (tertiary/aromatic N) is 6. The van der Waals surface area contributed by atoms with Gasteiger partial charge in [0, 0.05) is 59.6 Å². The number of aryl methyl sites for hydroxylation is 4. The van der Waals surface area contributed by atoms with Crippen LogP contribution < -0.4 is 10.2 Å². The van der Waals surface area contributed by atoms with E-state index in [1.54, 1.807) is 42.9 Å². The number of hydrogen-bond acceptors (Lipinski definition) is 9. The molecule has 4 heterocycles. The number of morpholine rings is 1. The van der Waals surface area contributed by atoms with Gasteiger partial charge in [-0.2, -0.15) is 13.2 Å². The summed E-state index contributed by atoms with van der Waals surface area (Å²) in [6.45, 7) is 6.46. The Hall–Kier alpha value is -5.35. The number of fused-ring (bicyclic) bond motifs is 1. The zero-order valence-corrected chi connectivity index (χ0v) is 29.6. The van der Waals surface area contributed by atoms with Gasteiger partial charge in [-0.1, -0.05) is 12.1 Å². The summed E-state index contributed by atoms with van der Waals surface area (Å²) in [5, 5.41) is 12.9. The molecule has 0 bridgehead atoms. The predicted octanol–water partition coefficient (Wildman–Crippen LogP) is 6.53. The van der Waals surface area contributed by atoms with Crippen LogP contribution in [-0.2, 0) is 16.0 Å². The fourth-order valence-electron chi connectivity index (χ4n) is 5.52. The maximum absolute atomic E-state index is 15.1. The van der Waals surface area contributed by atoms with Crippen LogP contribution in [0.2, 0.25) is 5.28 Å². The Morgan fingerprint density at radius 3 is 2.26 bits per heavy atom. The summed E-state index contributed by atoms with van der Waals surface area (Å²) in [6, 6.07) is 4.14. The molecule has 11 nitrogen and oxygen atoms in total. The Morgan fingerprint density at radius 2 is 1.66 bits per heavy atom. The number of ether oxygens (including phenoxy) is 1. The molecule has 0 saturated carbocycles. The van der Waals surface area contributed by atoms with E-state index < -0.39 is 59.6 Å². The topological polar surface area (TPSA) is 143 Å². The Kier molecular flexibility index (Phi) is 11.8. The highest BCUT2D eigenvalue weighted by molar-refractivity contribution is 6.28. The summed E-state index contributed by atoms with van der Waals surface area (Å²) >= 11 is 5.49. The molecule has 17 heteroatoms. The van der Waals surface area contributed by atoms with E-state index in [1.165, 1.54) is 0 Å². The van der Waals surface area contributed by atoms with E-state index in [1.807, 2.05) is 27.7 Å². The molecule has 2 aromatic carbocycles. The summed E-state index contributed by atoms with van der Waals surface area (Å²) in [5.74, 6) is -5.33. The van der Waals surface area contributed by atoms with Gasteiger partial charge in [-0.15, -0.1) is 0 Å². The molecule has 0 unspecified atom stereocenters. The highest BCUT2D eigenvalue weighted by atomic mass is 35.5. The van der Waals surface area contributed by atoms with Gasteiger partial charge in [0.15, 0.2) is 5.82 Å². The summed E-state index contributed by atoms with van der Waals surface area (Å²) in [7, 11) is 0. The fraction of sp³-hybridized carbons (Fsp3) is 0.306. The number of carbonyl (C=O) groups excluding carboxylic acids is 1. The third-order valence-corrected chi connectivity index (χ3v) is 8.82. The molecule has 0 spiro atoms. The SMILES string of the molecule is Cc1cnc(-c2ccc(C[C@H](NC(=O)c3c(F)cc(N4CCOC[C@@H]4C(F)(F)F)cc3F)C(=O)O)c3cccnc23)nc1C.Cc1cnc(Cl)nc1C. The number of alkyl halides is 3. The number of benzene rings is 2. The number of amides is 1. The normalized spacial score (nSPS) is 15.1. The molecule has 1 amide bonds. The number of pyridine rings is 1. The lowest BCUT2D eigenvalue weighted by Crippen LogP contribution is -2.53. The largest absolute Gasteiger partial charge is 0.480 e. The van der Waals surface area contributed by atoms with Crippen LogP contribution in [0.15, 0.2) is 55.0 Å². The third kappa shape index (κ3) is 9.00. The maximum atomic E-state index is 15.1. The minimum Gasteiger partial charge on any atom is -0.480 e. The van der Waals surface area contributed by atoms with Gasteiger partial charge in [0.25, 0.3) is 5.91 Å². The quantitative estimate of drug-likeness (QED) is 0.139. The lowest BCUT2D eigenvalue weighted by Gasteiger charge is -2.38. The van der Waals surface area contributed by atoms with E-state index in [0.29, 0.717) is 45.3 Å². The Morgan fingerprint density at radius 1 is 1.00 bits per heavy atom. The van der Waals surface area contributed by atoms with E-state index in [4.69, 9.17) is 16.3 Å². The summed E-state index contributed by atoms with van der Waals surface area (Å²) in [6.07, 6.45) is -0.0700. The van der Waals surface area contributed by atoms with Gasteiger partial charge in [0.05, 0.1) is 18.7 Å². The predicted molar refractivity (Wildman–Crippen MR) is 186 cm³/mol. The highest BCUT2D eigenvalue weighted by Gasteiger charge is 2.46. The number of carboxylic acid groups (broad SMARTS) is 1. The number of nitrogens with one attached hydrogen (secondary N) is 1. The van der Waals surface area contributed by atoms with Crippen LogP contribution in [0.4, 0.5) is 27.6 Å². The number of halogens is 6. The lowest BCUT2D eigenvalue weighted by molar-refractivity contribution is -0.167. The maximum Gasteiger partial charge on any atom is 0.411 e. The van der Waals surface area contributed by atoms with Crippen molar-refractivity contribution in [3.05, 3.63) is 106 Å². The highest BCUT2D eigenvalue weighted by Crippen LogP contribution is 2.33. The molecule has 1 aliphatic rings. The molecular weight excluding hydrogens is 725 g/mol. The van der Waals surface area contributed by atoms with Gasteiger partial charge in [-0.05, 0) is 80.3 Å². The van der Waals surface area contributed by atoms with Crippen LogP contribution >= 0.6 is 11.6 Å². The number of carboxylic acids is 1. The van der Waals surface area contributed by atoms with Crippen molar-refractivity contribution in [1.82, 2.24) is 30.2 Å². The summed E-state index contributed by atoms with van der Waals surface area (Å²) < 4.78 is 75.5. The van der Waals surface area contributed by atoms with E-state index in [2.05, 4.69) is 30.2 Å². The van der Waals surface area contributed by atoms with Gasteiger partial charge in [-0.25, -0.2) is 33.5 Å². The van der Waals surface area contributed by atoms with Crippen LogP contribution in [0.3, 0.4) is 0 Å². The molecule has 1 aliphatic heterocycles. The van der Waals surface area contributed by atoms with Crippen LogP contribution in [0.25, 0.3) is 22.3 Å². The fourth-order valence-corrected chi connectivity index (χ4v) is 5.70. The molecule has 0 radical (unpaired) electrons. The molecule has 2 atom stereocenters. The van der Waals surface area contributed by atoms with Crippen LogP contribution in [0, 0.1) is 39.3 Å². The van der Waals surface area contributed by atoms with Gasteiger partial charge in [-0.3, -0.25) is 9.78 Å². The molecule has 5 aromatic rings. The minimum absolute atomic E-state index is 0.0960. The monoisotopic (exact) mass is 757 g/mol. The third-order valence-electron chi connectivity index (χ3n) is 8.64. The second-order valence-electron chi connectivity index (χ2n) is 12.2. The first-order valence-electron chi connectivity index (χ1n) is 16.1. The van der Waals surface area contributed by atoms with E-state index >= 15 is 8.78 Å². The van der Waals surface area contributed by atoms with Crippen molar-refractivity contribution in [3.8, 4) is 11.4 Å². The van der Waals surface area contributed by atoms with E-state index in [9.17, 15) is 27.9 Å². The number of hydrogen-bond donors (Lipinski definition) is 2. The van der Waals surface area contributed by atoms with E-state index in [0.717, 1.165) is 27.4 Å². The first-order chi connectivity index (χ1) is 25.0. The molecule has 1 fully saturated rings. The van der Waals surface area contributed by atoms with Crippen molar-refractivity contribution in [2.24, 2.45) is 0 Å². The average molecular weight is 758 g/mol. The van der Waals surface area contributed by atoms with E-state index in [-0.39, 0.29) is 19.6 Å². The summed E-state index contributed by atoms with van der Waals surface area (Å²) in [5.41, 5.74) is 3.68. The zero-order chi connectivity index (χ0) is 38.6. The van der Waals surface area contributed by atoms with Gasteiger partial charge in [0.1, 0.15) is 29.3 Å². The molecule has 1 saturated heterocycles. The zero-order valence-electron chi connectivity index (χ0n) is 28.8. The smallest absolute Gasteiger partial charge is 0.411 e. The molecule has 2 N–H and O–H groups in total. The second kappa shape index (κ2) is 16.1.